The minimum atomic E-state index is -4.29. The number of hydrogen-bond acceptors (Lipinski definition) is 1. The predicted molar refractivity (Wildman–Crippen MR) is 63.1 cm³/mol. The summed E-state index contributed by atoms with van der Waals surface area (Å²) < 4.78 is 43.1. The van der Waals surface area contributed by atoms with Crippen LogP contribution < -0.4 is 0 Å². The van der Waals surface area contributed by atoms with Gasteiger partial charge in [0.15, 0.2) is 0 Å². The summed E-state index contributed by atoms with van der Waals surface area (Å²) in [5.41, 5.74) is -0.0642. The molecule has 1 aliphatic rings. The van der Waals surface area contributed by atoms with Crippen molar-refractivity contribution in [1.29, 1.82) is 0 Å². The number of ether oxygens (including phenoxy) is 1. The molecule has 98 valence electrons. The monoisotopic (exact) mass is 256 g/mol. The second kappa shape index (κ2) is 4.43. The Morgan fingerprint density at radius 1 is 1.17 bits per heavy atom. The van der Waals surface area contributed by atoms with E-state index >= 15 is 0 Å². The van der Waals surface area contributed by atoms with Gasteiger partial charge in [0.05, 0.1) is 18.3 Å². The molecular weight excluding hydrogens is 241 g/mol. The van der Waals surface area contributed by atoms with Crippen molar-refractivity contribution in [3.05, 3.63) is 47.5 Å². The van der Waals surface area contributed by atoms with Gasteiger partial charge in [0.1, 0.15) is 0 Å². The average Bonchev–Trinajstić information content (AvgIpc) is 2.27. The lowest BCUT2D eigenvalue weighted by Crippen LogP contribution is -2.26. The third-order valence-electron chi connectivity index (χ3n) is 3.12. The van der Waals surface area contributed by atoms with Crippen molar-refractivity contribution in [3.63, 3.8) is 0 Å². The fourth-order valence-electron chi connectivity index (χ4n) is 2.18. The van der Waals surface area contributed by atoms with Gasteiger partial charge < -0.3 is 4.74 Å². The molecule has 0 spiro atoms. The third kappa shape index (κ3) is 2.58. The predicted octanol–water partition coefficient (Wildman–Crippen LogP) is 4.36. The third-order valence-corrected chi connectivity index (χ3v) is 3.12. The van der Waals surface area contributed by atoms with Crippen LogP contribution >= 0.6 is 0 Å². The van der Waals surface area contributed by atoms with Gasteiger partial charge in [-0.1, -0.05) is 38.1 Å². The van der Waals surface area contributed by atoms with Gasteiger partial charge >= 0.3 is 6.18 Å². The molecule has 0 saturated carbocycles. The van der Waals surface area contributed by atoms with E-state index in [1.54, 1.807) is 0 Å². The summed E-state index contributed by atoms with van der Waals surface area (Å²) in [5, 5.41) is 0. The van der Waals surface area contributed by atoms with Crippen molar-refractivity contribution < 1.29 is 17.9 Å². The first-order chi connectivity index (χ1) is 8.31. The van der Waals surface area contributed by atoms with Gasteiger partial charge in [-0.3, -0.25) is 0 Å². The summed E-state index contributed by atoms with van der Waals surface area (Å²) in [7, 11) is 0. The Labute approximate surface area is 104 Å². The second-order valence-electron chi connectivity index (χ2n) is 5.06. The van der Waals surface area contributed by atoms with Crippen LogP contribution in [0.15, 0.2) is 36.4 Å². The maximum Gasteiger partial charge on any atom is 0.416 e. The molecule has 0 radical (unpaired) electrons. The fourth-order valence-corrected chi connectivity index (χ4v) is 2.18. The molecule has 1 nitrogen and oxygen atoms in total. The van der Waals surface area contributed by atoms with Crippen LogP contribution in [-0.4, -0.2) is 6.61 Å². The topological polar surface area (TPSA) is 9.23 Å². The van der Waals surface area contributed by atoms with E-state index in [0.717, 1.165) is 17.7 Å². The van der Waals surface area contributed by atoms with E-state index in [-0.39, 0.29) is 11.5 Å². The lowest BCUT2D eigenvalue weighted by atomic mass is 9.81. The Kier molecular flexibility index (Phi) is 3.23. The first-order valence-electron chi connectivity index (χ1n) is 5.77. The van der Waals surface area contributed by atoms with Crippen LogP contribution in [0.25, 0.3) is 0 Å². The highest BCUT2D eigenvalue weighted by atomic mass is 19.4. The average molecular weight is 256 g/mol. The number of hydrogen-bond donors (Lipinski definition) is 0. The van der Waals surface area contributed by atoms with Crippen LogP contribution in [0.3, 0.4) is 0 Å². The molecule has 4 heteroatoms. The van der Waals surface area contributed by atoms with Crippen molar-refractivity contribution in [2.24, 2.45) is 5.41 Å². The van der Waals surface area contributed by atoms with Crippen LogP contribution in [0.4, 0.5) is 13.2 Å². The number of rotatable bonds is 1. The summed E-state index contributed by atoms with van der Waals surface area (Å²) >= 11 is 0. The minimum Gasteiger partial charge on any atom is -0.369 e. The molecule has 1 aliphatic heterocycles. The first kappa shape index (κ1) is 13.1. The zero-order chi connectivity index (χ0) is 13.4. The van der Waals surface area contributed by atoms with Crippen molar-refractivity contribution in [2.45, 2.75) is 26.1 Å². The van der Waals surface area contributed by atoms with E-state index in [0.29, 0.717) is 6.61 Å². The molecule has 0 amide bonds. The summed E-state index contributed by atoms with van der Waals surface area (Å²) in [5.74, 6) is 0. The SMILES string of the molecule is CC1(C)C=CCO[C@H]1c1ccc(C(F)(F)F)cc1. The lowest BCUT2D eigenvalue weighted by molar-refractivity contribution is -0.137. The van der Waals surface area contributed by atoms with E-state index in [9.17, 15) is 13.2 Å². The van der Waals surface area contributed by atoms with E-state index in [2.05, 4.69) is 0 Å². The fraction of sp³-hybridized carbons (Fsp3) is 0.429. The molecule has 0 bridgehead atoms. The molecule has 0 fully saturated rings. The number of alkyl halides is 3. The molecule has 1 heterocycles. The van der Waals surface area contributed by atoms with Crippen LogP contribution in [0.5, 0.6) is 0 Å². The molecular formula is C14H15F3O. The highest BCUT2D eigenvalue weighted by Gasteiger charge is 2.33. The number of benzene rings is 1. The molecule has 2 rings (SSSR count). The van der Waals surface area contributed by atoms with E-state index in [4.69, 9.17) is 4.74 Å². The summed E-state index contributed by atoms with van der Waals surface area (Å²) in [6.07, 6.45) is -0.523. The molecule has 1 aromatic carbocycles. The normalized spacial score (nSPS) is 23.1. The van der Waals surface area contributed by atoms with Crippen LogP contribution in [0.1, 0.15) is 31.1 Å². The maximum atomic E-state index is 12.5. The first-order valence-corrected chi connectivity index (χ1v) is 5.77. The van der Waals surface area contributed by atoms with Crippen molar-refractivity contribution >= 4 is 0 Å². The Morgan fingerprint density at radius 2 is 1.78 bits per heavy atom. The molecule has 0 N–H and O–H groups in total. The van der Waals surface area contributed by atoms with E-state index in [1.807, 2.05) is 26.0 Å². The van der Waals surface area contributed by atoms with Crippen molar-refractivity contribution in [3.8, 4) is 0 Å². The van der Waals surface area contributed by atoms with Crippen LogP contribution in [0, 0.1) is 5.41 Å². The van der Waals surface area contributed by atoms with Crippen LogP contribution in [-0.2, 0) is 10.9 Å². The Balaban J connectivity index is 2.27. The van der Waals surface area contributed by atoms with Gasteiger partial charge in [-0.15, -0.1) is 0 Å². The Morgan fingerprint density at radius 3 is 2.28 bits per heavy atom. The van der Waals surface area contributed by atoms with Gasteiger partial charge in [-0.25, -0.2) is 0 Å². The van der Waals surface area contributed by atoms with Gasteiger partial charge in [0.25, 0.3) is 0 Å². The van der Waals surface area contributed by atoms with Crippen LogP contribution in [0.2, 0.25) is 0 Å². The van der Waals surface area contributed by atoms with E-state index < -0.39 is 11.7 Å². The summed E-state index contributed by atoms with van der Waals surface area (Å²) in [4.78, 5) is 0. The van der Waals surface area contributed by atoms with Crippen molar-refractivity contribution in [1.82, 2.24) is 0 Å². The minimum absolute atomic E-state index is 0.204. The molecule has 0 aromatic heterocycles. The standard InChI is InChI=1S/C14H15F3O/c1-13(2)8-3-9-18-12(13)10-4-6-11(7-5-10)14(15,16)17/h3-8,12H,9H2,1-2H3/t12-/m0/s1. The van der Waals surface area contributed by atoms with Gasteiger partial charge in [0, 0.05) is 5.41 Å². The van der Waals surface area contributed by atoms with E-state index in [1.165, 1.54) is 12.1 Å². The smallest absolute Gasteiger partial charge is 0.369 e. The quantitative estimate of drug-likeness (QED) is 0.678. The molecule has 0 saturated heterocycles. The number of halogens is 3. The second-order valence-corrected chi connectivity index (χ2v) is 5.06. The van der Waals surface area contributed by atoms with Crippen molar-refractivity contribution in [2.75, 3.05) is 6.61 Å². The van der Waals surface area contributed by atoms with Gasteiger partial charge in [0.2, 0.25) is 0 Å². The highest BCUT2D eigenvalue weighted by molar-refractivity contribution is 5.28. The maximum absolute atomic E-state index is 12.5. The Hall–Kier alpha value is -1.29. The Bertz CT molecular complexity index is 443. The lowest BCUT2D eigenvalue weighted by Gasteiger charge is -2.34. The zero-order valence-corrected chi connectivity index (χ0v) is 10.3. The molecule has 1 aromatic rings. The molecule has 0 aliphatic carbocycles. The van der Waals surface area contributed by atoms with Gasteiger partial charge in [-0.05, 0) is 17.7 Å². The van der Waals surface area contributed by atoms with Gasteiger partial charge in [-0.2, -0.15) is 13.2 Å². The largest absolute Gasteiger partial charge is 0.416 e. The molecule has 1 atom stereocenters. The molecule has 0 unspecified atom stereocenters. The summed E-state index contributed by atoms with van der Waals surface area (Å²) in [6, 6.07) is 5.20. The summed E-state index contributed by atoms with van der Waals surface area (Å²) in [6.45, 7) is 4.51. The highest BCUT2D eigenvalue weighted by Crippen LogP contribution is 2.40. The molecule has 18 heavy (non-hydrogen) atoms. The zero-order valence-electron chi connectivity index (χ0n) is 10.3.